The quantitative estimate of drug-likeness (QED) is 0.940. The first-order valence-corrected chi connectivity index (χ1v) is 7.46. The van der Waals surface area contributed by atoms with Crippen LogP contribution in [0.4, 0.5) is 10.1 Å². The largest absolute Gasteiger partial charge is 0.472 e. The fourth-order valence-electron chi connectivity index (χ4n) is 2.72. The van der Waals surface area contributed by atoms with Gasteiger partial charge in [-0.2, -0.15) is 0 Å². The molecule has 0 bridgehead atoms. The molecule has 120 valence electrons. The Balaban J connectivity index is 1.72. The predicted molar refractivity (Wildman–Crippen MR) is 85.1 cm³/mol. The van der Waals surface area contributed by atoms with Gasteiger partial charge in [0.1, 0.15) is 11.9 Å². The van der Waals surface area contributed by atoms with Gasteiger partial charge in [0.25, 0.3) is 5.91 Å². The number of ether oxygens (including phenoxy) is 1. The molecule has 3 rings (SSSR count). The highest BCUT2D eigenvalue weighted by molar-refractivity contribution is 5.98. The Hall–Kier alpha value is -2.63. The maximum Gasteiger partial charge on any atom is 0.250 e. The number of aryl methyl sites for hydroxylation is 1. The van der Waals surface area contributed by atoms with E-state index in [0.29, 0.717) is 24.7 Å². The topological polar surface area (TPSA) is 68.5 Å². The van der Waals surface area contributed by atoms with Crippen LogP contribution in [-0.2, 0) is 0 Å². The first-order valence-electron chi connectivity index (χ1n) is 7.46. The van der Waals surface area contributed by atoms with Gasteiger partial charge in [0.15, 0.2) is 0 Å². The third-order valence-corrected chi connectivity index (χ3v) is 3.88. The summed E-state index contributed by atoms with van der Waals surface area (Å²) in [5, 5.41) is 0. The molecule has 0 unspecified atom stereocenters. The van der Waals surface area contributed by atoms with E-state index in [1.165, 1.54) is 12.1 Å². The number of primary amides is 1. The Morgan fingerprint density at radius 1 is 1.39 bits per heavy atom. The molecular weight excluding hydrogens is 297 g/mol. The van der Waals surface area contributed by atoms with Gasteiger partial charge in [-0.25, -0.2) is 9.37 Å². The van der Waals surface area contributed by atoms with Gasteiger partial charge in [-0.1, -0.05) is 6.07 Å². The van der Waals surface area contributed by atoms with Gasteiger partial charge in [0.2, 0.25) is 5.88 Å². The van der Waals surface area contributed by atoms with E-state index in [9.17, 15) is 9.18 Å². The fourth-order valence-corrected chi connectivity index (χ4v) is 2.72. The Morgan fingerprint density at radius 3 is 2.91 bits per heavy atom. The molecule has 0 aliphatic carbocycles. The molecule has 2 N–H and O–H groups in total. The summed E-state index contributed by atoms with van der Waals surface area (Å²) in [6, 6.07) is 7.87. The van der Waals surface area contributed by atoms with Crippen LogP contribution < -0.4 is 15.4 Å². The number of amides is 1. The fraction of sp³-hybridized carbons (Fsp3) is 0.294. The number of carbonyl (C=O) groups excluding carboxylic acids is 1. The van der Waals surface area contributed by atoms with Crippen molar-refractivity contribution in [2.24, 2.45) is 5.73 Å². The minimum Gasteiger partial charge on any atom is -0.472 e. The molecule has 6 heteroatoms. The minimum absolute atomic E-state index is 0.0315. The van der Waals surface area contributed by atoms with Gasteiger partial charge in [0.05, 0.1) is 12.1 Å². The SMILES string of the molecule is Cc1ccc(O[C@H]2CCN(c3ccc(F)cc3C(N)=O)C2)nc1. The lowest BCUT2D eigenvalue weighted by molar-refractivity contribution is 0.1000. The number of aromatic nitrogens is 1. The van der Waals surface area contributed by atoms with Gasteiger partial charge in [-0.15, -0.1) is 0 Å². The second kappa shape index (κ2) is 6.24. The maximum atomic E-state index is 13.3. The Morgan fingerprint density at radius 2 is 2.22 bits per heavy atom. The second-order valence-electron chi connectivity index (χ2n) is 5.67. The number of halogens is 1. The van der Waals surface area contributed by atoms with Gasteiger partial charge in [-0.05, 0) is 30.7 Å². The Labute approximate surface area is 133 Å². The molecule has 1 aromatic heterocycles. The van der Waals surface area contributed by atoms with Crippen molar-refractivity contribution >= 4 is 11.6 Å². The summed E-state index contributed by atoms with van der Waals surface area (Å²) < 4.78 is 19.2. The smallest absolute Gasteiger partial charge is 0.250 e. The number of hydrogen-bond acceptors (Lipinski definition) is 4. The van der Waals surface area contributed by atoms with Crippen LogP contribution in [0.5, 0.6) is 5.88 Å². The number of anilines is 1. The van der Waals surface area contributed by atoms with Crippen molar-refractivity contribution in [3.63, 3.8) is 0 Å². The van der Waals surface area contributed by atoms with E-state index in [4.69, 9.17) is 10.5 Å². The van der Waals surface area contributed by atoms with E-state index in [0.717, 1.165) is 12.0 Å². The first kappa shape index (κ1) is 15.3. The summed E-state index contributed by atoms with van der Waals surface area (Å²) in [5.41, 5.74) is 7.26. The molecule has 2 aromatic rings. The van der Waals surface area contributed by atoms with Crippen molar-refractivity contribution in [1.29, 1.82) is 0 Å². The summed E-state index contributed by atoms with van der Waals surface area (Å²) in [6.07, 6.45) is 2.52. The summed E-state index contributed by atoms with van der Waals surface area (Å²) in [7, 11) is 0. The van der Waals surface area contributed by atoms with Crippen LogP contribution in [0.2, 0.25) is 0 Å². The highest BCUT2D eigenvalue weighted by Crippen LogP contribution is 2.27. The van der Waals surface area contributed by atoms with Crippen LogP contribution in [0, 0.1) is 12.7 Å². The maximum absolute atomic E-state index is 13.3. The van der Waals surface area contributed by atoms with Crippen molar-refractivity contribution in [1.82, 2.24) is 4.98 Å². The Kier molecular flexibility index (Phi) is 4.14. The molecule has 0 saturated carbocycles. The third-order valence-electron chi connectivity index (χ3n) is 3.88. The number of hydrogen-bond donors (Lipinski definition) is 1. The van der Waals surface area contributed by atoms with Crippen molar-refractivity contribution in [3.8, 4) is 5.88 Å². The predicted octanol–water partition coefficient (Wildman–Crippen LogP) is 2.29. The normalized spacial score (nSPS) is 17.3. The molecule has 1 aliphatic heterocycles. The lowest BCUT2D eigenvalue weighted by Crippen LogP contribution is -2.27. The Bertz CT molecular complexity index is 718. The molecule has 5 nitrogen and oxygen atoms in total. The van der Waals surface area contributed by atoms with Gasteiger partial charge in [0, 0.05) is 30.9 Å². The highest BCUT2D eigenvalue weighted by Gasteiger charge is 2.27. The molecule has 1 aromatic carbocycles. The van der Waals surface area contributed by atoms with Crippen molar-refractivity contribution < 1.29 is 13.9 Å². The number of rotatable bonds is 4. The zero-order valence-electron chi connectivity index (χ0n) is 12.8. The van der Waals surface area contributed by atoms with E-state index in [1.807, 2.05) is 24.0 Å². The van der Waals surface area contributed by atoms with Crippen molar-refractivity contribution in [3.05, 3.63) is 53.5 Å². The molecule has 1 atom stereocenters. The molecule has 1 aliphatic rings. The van der Waals surface area contributed by atoms with E-state index >= 15 is 0 Å². The van der Waals surface area contributed by atoms with Crippen molar-refractivity contribution in [2.75, 3.05) is 18.0 Å². The number of benzene rings is 1. The van der Waals surface area contributed by atoms with E-state index in [2.05, 4.69) is 4.98 Å². The average Bonchev–Trinajstić information content (AvgIpc) is 2.98. The summed E-state index contributed by atoms with van der Waals surface area (Å²) >= 11 is 0. The molecule has 1 fully saturated rings. The molecular formula is C17H18FN3O2. The summed E-state index contributed by atoms with van der Waals surface area (Å²) in [5.74, 6) is -0.529. The third kappa shape index (κ3) is 3.41. The molecule has 23 heavy (non-hydrogen) atoms. The van der Waals surface area contributed by atoms with Crippen LogP contribution in [0.1, 0.15) is 22.3 Å². The number of pyridine rings is 1. The lowest BCUT2D eigenvalue weighted by Gasteiger charge is -2.21. The van der Waals surface area contributed by atoms with Gasteiger partial charge < -0.3 is 15.4 Å². The summed E-state index contributed by atoms with van der Waals surface area (Å²) in [6.45, 7) is 3.28. The molecule has 1 amide bonds. The standard InChI is InChI=1S/C17H18FN3O2/c1-11-2-5-16(20-9-11)23-13-6-7-21(10-13)15-4-3-12(18)8-14(15)17(19)22/h2-5,8-9,13H,6-7,10H2,1H3,(H2,19,22)/t13-/m0/s1. The number of carbonyl (C=O) groups is 1. The molecule has 0 spiro atoms. The zero-order chi connectivity index (χ0) is 16.4. The van der Waals surface area contributed by atoms with Gasteiger partial charge >= 0.3 is 0 Å². The van der Waals surface area contributed by atoms with E-state index in [-0.39, 0.29) is 11.7 Å². The van der Waals surface area contributed by atoms with Gasteiger partial charge in [-0.3, -0.25) is 4.79 Å². The molecule has 0 radical (unpaired) electrons. The highest BCUT2D eigenvalue weighted by atomic mass is 19.1. The average molecular weight is 315 g/mol. The van der Waals surface area contributed by atoms with Crippen LogP contribution in [0.25, 0.3) is 0 Å². The van der Waals surface area contributed by atoms with Crippen LogP contribution in [-0.4, -0.2) is 30.1 Å². The second-order valence-corrected chi connectivity index (χ2v) is 5.67. The number of nitrogens with zero attached hydrogens (tertiary/aromatic N) is 2. The number of nitrogens with two attached hydrogens (primary N) is 1. The van der Waals surface area contributed by atoms with Crippen LogP contribution in [0.3, 0.4) is 0 Å². The van der Waals surface area contributed by atoms with E-state index < -0.39 is 11.7 Å². The van der Waals surface area contributed by atoms with E-state index in [1.54, 1.807) is 12.3 Å². The lowest BCUT2D eigenvalue weighted by atomic mass is 10.1. The molecule has 2 heterocycles. The monoisotopic (exact) mass is 315 g/mol. The first-order chi connectivity index (χ1) is 11.0. The van der Waals surface area contributed by atoms with Crippen LogP contribution >= 0.6 is 0 Å². The summed E-state index contributed by atoms with van der Waals surface area (Å²) in [4.78, 5) is 17.7. The minimum atomic E-state index is -0.635. The van der Waals surface area contributed by atoms with Crippen LogP contribution in [0.15, 0.2) is 36.5 Å². The van der Waals surface area contributed by atoms with Crippen molar-refractivity contribution in [2.45, 2.75) is 19.4 Å². The zero-order valence-corrected chi connectivity index (χ0v) is 12.8. The molecule has 1 saturated heterocycles.